The first-order valence-corrected chi connectivity index (χ1v) is 9.87. The summed E-state index contributed by atoms with van der Waals surface area (Å²) >= 11 is 1.34. The van der Waals surface area contributed by atoms with Crippen molar-refractivity contribution in [2.45, 2.75) is 18.7 Å². The van der Waals surface area contributed by atoms with Crippen LogP contribution < -0.4 is 4.90 Å². The van der Waals surface area contributed by atoms with E-state index in [1.165, 1.54) is 16.7 Å². The maximum absolute atomic E-state index is 13.4. The average molecular weight is 385 g/mol. The molecular formula is C24H19NO2S. The summed E-state index contributed by atoms with van der Waals surface area (Å²) in [6.45, 7) is 3.92. The van der Waals surface area contributed by atoms with E-state index in [1.54, 1.807) is 0 Å². The van der Waals surface area contributed by atoms with E-state index in [-0.39, 0.29) is 11.8 Å². The third kappa shape index (κ3) is 3.16. The van der Waals surface area contributed by atoms with Crippen molar-refractivity contribution in [3.8, 4) is 0 Å². The van der Waals surface area contributed by atoms with E-state index in [9.17, 15) is 9.59 Å². The highest BCUT2D eigenvalue weighted by Crippen LogP contribution is 2.42. The van der Waals surface area contributed by atoms with Gasteiger partial charge in [0.2, 0.25) is 0 Å². The van der Waals surface area contributed by atoms with Gasteiger partial charge in [-0.3, -0.25) is 9.59 Å². The van der Waals surface area contributed by atoms with Crippen molar-refractivity contribution in [1.29, 1.82) is 0 Å². The lowest BCUT2D eigenvalue weighted by Crippen LogP contribution is -2.32. The summed E-state index contributed by atoms with van der Waals surface area (Å²) < 4.78 is 0. The fraction of sp³-hybridized carbons (Fsp3) is 0.0833. The lowest BCUT2D eigenvalue weighted by molar-refractivity contribution is -0.119. The Labute approximate surface area is 168 Å². The van der Waals surface area contributed by atoms with Crippen LogP contribution in [-0.4, -0.2) is 11.8 Å². The standard InChI is InChI=1S/C24H19NO2S/c1-16-10-9-15-20(17(16)2)25-23(26)21(18-11-5-3-6-12-18)22(24(25)27)28-19-13-7-4-8-14-19/h3-15H,1-2H3. The van der Waals surface area contributed by atoms with Gasteiger partial charge >= 0.3 is 0 Å². The Hall–Kier alpha value is -3.11. The zero-order valence-corrected chi connectivity index (χ0v) is 16.5. The molecule has 0 bridgehead atoms. The predicted molar refractivity (Wildman–Crippen MR) is 114 cm³/mol. The van der Waals surface area contributed by atoms with Gasteiger partial charge in [-0.15, -0.1) is 0 Å². The molecule has 0 aromatic heterocycles. The van der Waals surface area contributed by atoms with Gasteiger partial charge in [0.25, 0.3) is 11.8 Å². The number of carbonyl (C=O) groups is 2. The molecule has 0 atom stereocenters. The highest BCUT2D eigenvalue weighted by molar-refractivity contribution is 8.04. The predicted octanol–water partition coefficient (Wildman–Crippen LogP) is 5.38. The van der Waals surface area contributed by atoms with E-state index in [0.29, 0.717) is 16.2 Å². The van der Waals surface area contributed by atoms with Crippen molar-refractivity contribution in [2.24, 2.45) is 0 Å². The maximum atomic E-state index is 13.4. The summed E-state index contributed by atoms with van der Waals surface area (Å²) in [6, 6.07) is 24.8. The highest BCUT2D eigenvalue weighted by atomic mass is 32.2. The Kier molecular flexibility index (Phi) is 4.88. The molecule has 3 aromatic carbocycles. The van der Waals surface area contributed by atoms with Crippen LogP contribution in [0, 0.1) is 13.8 Å². The molecule has 0 N–H and O–H groups in total. The summed E-state index contributed by atoms with van der Waals surface area (Å²) in [7, 11) is 0. The number of amides is 2. The van der Waals surface area contributed by atoms with Gasteiger partial charge in [-0.2, -0.15) is 0 Å². The van der Waals surface area contributed by atoms with Gasteiger partial charge in [0.1, 0.15) is 0 Å². The summed E-state index contributed by atoms with van der Waals surface area (Å²) in [5.41, 5.74) is 3.84. The minimum atomic E-state index is -0.275. The van der Waals surface area contributed by atoms with Gasteiger partial charge in [0.15, 0.2) is 0 Å². The van der Waals surface area contributed by atoms with Crippen LogP contribution in [0.15, 0.2) is 88.7 Å². The Morgan fingerprint density at radius 3 is 2.04 bits per heavy atom. The van der Waals surface area contributed by atoms with Crippen molar-refractivity contribution in [3.63, 3.8) is 0 Å². The number of aryl methyl sites for hydroxylation is 1. The molecule has 1 aliphatic heterocycles. The third-order valence-electron chi connectivity index (χ3n) is 4.88. The van der Waals surface area contributed by atoms with Crippen LogP contribution in [0.25, 0.3) is 5.57 Å². The quantitative estimate of drug-likeness (QED) is 0.566. The number of hydrogen-bond acceptors (Lipinski definition) is 3. The molecule has 138 valence electrons. The van der Waals surface area contributed by atoms with Crippen molar-refractivity contribution in [3.05, 3.63) is 100 Å². The fourth-order valence-electron chi connectivity index (χ4n) is 3.27. The molecule has 28 heavy (non-hydrogen) atoms. The van der Waals surface area contributed by atoms with Crippen molar-refractivity contribution >= 4 is 34.8 Å². The van der Waals surface area contributed by atoms with Crippen LogP contribution in [0.2, 0.25) is 0 Å². The zero-order valence-electron chi connectivity index (χ0n) is 15.7. The number of imide groups is 1. The Balaban J connectivity index is 1.85. The SMILES string of the molecule is Cc1cccc(N2C(=O)C(Sc3ccccc3)=C(c3ccccc3)C2=O)c1C. The Morgan fingerprint density at radius 1 is 0.714 bits per heavy atom. The summed E-state index contributed by atoms with van der Waals surface area (Å²) in [4.78, 5) is 29.5. The van der Waals surface area contributed by atoms with Gasteiger partial charge < -0.3 is 0 Å². The second kappa shape index (κ2) is 7.49. The van der Waals surface area contributed by atoms with Crippen LogP contribution in [-0.2, 0) is 9.59 Å². The molecule has 3 aromatic rings. The number of benzene rings is 3. The molecule has 0 spiro atoms. The molecule has 2 amide bonds. The second-order valence-corrected chi connectivity index (χ2v) is 7.73. The summed E-state index contributed by atoms with van der Waals surface area (Å²) in [6.07, 6.45) is 0. The third-order valence-corrected chi connectivity index (χ3v) is 5.97. The topological polar surface area (TPSA) is 37.4 Å². The van der Waals surface area contributed by atoms with Gasteiger partial charge in [0, 0.05) is 4.90 Å². The number of nitrogens with zero attached hydrogens (tertiary/aromatic N) is 1. The first-order chi connectivity index (χ1) is 13.6. The second-order valence-electron chi connectivity index (χ2n) is 6.65. The van der Waals surface area contributed by atoms with Gasteiger partial charge in [-0.05, 0) is 48.7 Å². The van der Waals surface area contributed by atoms with Crippen molar-refractivity contribution in [1.82, 2.24) is 0 Å². The van der Waals surface area contributed by atoms with Crippen molar-refractivity contribution < 1.29 is 9.59 Å². The van der Waals surface area contributed by atoms with E-state index in [4.69, 9.17) is 0 Å². The van der Waals surface area contributed by atoms with Gasteiger partial charge in [-0.1, -0.05) is 72.4 Å². The summed E-state index contributed by atoms with van der Waals surface area (Å²) in [5.74, 6) is -0.547. The summed E-state index contributed by atoms with van der Waals surface area (Å²) in [5, 5.41) is 0. The average Bonchev–Trinajstić information content (AvgIpc) is 2.95. The van der Waals surface area contributed by atoms with Crippen LogP contribution in [0.5, 0.6) is 0 Å². The molecular weight excluding hydrogens is 366 g/mol. The molecule has 0 aliphatic carbocycles. The van der Waals surface area contributed by atoms with Crippen LogP contribution in [0.3, 0.4) is 0 Å². The normalized spacial score (nSPS) is 14.1. The first kappa shape index (κ1) is 18.3. The highest BCUT2D eigenvalue weighted by Gasteiger charge is 2.41. The zero-order chi connectivity index (χ0) is 19.7. The lowest BCUT2D eigenvalue weighted by atomic mass is 10.1. The van der Waals surface area contributed by atoms with Gasteiger partial charge in [-0.25, -0.2) is 4.90 Å². The molecule has 0 unspecified atom stereocenters. The van der Waals surface area contributed by atoms with E-state index < -0.39 is 0 Å². The van der Waals surface area contributed by atoms with E-state index in [1.807, 2.05) is 92.7 Å². The van der Waals surface area contributed by atoms with Crippen LogP contribution in [0.1, 0.15) is 16.7 Å². The molecule has 4 rings (SSSR count). The van der Waals surface area contributed by atoms with Crippen LogP contribution in [0.4, 0.5) is 5.69 Å². The molecule has 3 nitrogen and oxygen atoms in total. The number of hydrogen-bond donors (Lipinski definition) is 0. The van der Waals surface area contributed by atoms with Crippen LogP contribution >= 0.6 is 11.8 Å². The minimum absolute atomic E-state index is 0.272. The minimum Gasteiger partial charge on any atom is -0.268 e. The molecule has 0 saturated heterocycles. The Morgan fingerprint density at radius 2 is 1.36 bits per heavy atom. The fourth-order valence-corrected chi connectivity index (χ4v) is 4.28. The lowest BCUT2D eigenvalue weighted by Gasteiger charge is -2.19. The number of thioether (sulfide) groups is 1. The number of carbonyl (C=O) groups excluding carboxylic acids is 2. The molecule has 4 heteroatoms. The Bertz CT molecular complexity index is 1090. The molecule has 1 heterocycles. The van der Waals surface area contributed by atoms with E-state index >= 15 is 0 Å². The largest absolute Gasteiger partial charge is 0.272 e. The van der Waals surface area contributed by atoms with Gasteiger partial charge in [0.05, 0.1) is 16.2 Å². The molecule has 0 radical (unpaired) electrons. The molecule has 0 fully saturated rings. The smallest absolute Gasteiger partial charge is 0.268 e. The van der Waals surface area contributed by atoms with E-state index in [2.05, 4.69) is 0 Å². The molecule has 0 saturated carbocycles. The first-order valence-electron chi connectivity index (χ1n) is 9.05. The number of rotatable bonds is 4. The van der Waals surface area contributed by atoms with Crippen molar-refractivity contribution in [2.75, 3.05) is 4.90 Å². The monoisotopic (exact) mass is 385 g/mol. The maximum Gasteiger partial charge on any atom is 0.272 e. The number of anilines is 1. The molecule has 1 aliphatic rings. The van der Waals surface area contributed by atoms with E-state index in [0.717, 1.165) is 21.6 Å².